The first-order chi connectivity index (χ1) is 13.9. The van der Waals surface area contributed by atoms with Gasteiger partial charge in [-0.2, -0.15) is 0 Å². The van der Waals surface area contributed by atoms with Crippen molar-refractivity contribution in [2.45, 2.75) is 17.3 Å². The summed E-state index contributed by atoms with van der Waals surface area (Å²) in [6.07, 6.45) is -0.185. The lowest BCUT2D eigenvalue weighted by Crippen LogP contribution is -2.18. The highest BCUT2D eigenvalue weighted by atomic mass is 32.2. The first-order valence-corrected chi connectivity index (χ1v) is 9.52. The van der Waals surface area contributed by atoms with Gasteiger partial charge >= 0.3 is 0 Å². The number of benzene rings is 2. The molecule has 1 heterocycles. The summed E-state index contributed by atoms with van der Waals surface area (Å²) in [5, 5.41) is 2.82. The second-order valence-corrected chi connectivity index (χ2v) is 7.00. The van der Waals surface area contributed by atoms with E-state index in [4.69, 9.17) is 4.74 Å². The Morgan fingerprint density at radius 1 is 1.17 bits per heavy atom. The molecule has 3 aromatic rings. The maximum Gasteiger partial charge on any atom is 0.251 e. The minimum absolute atomic E-state index is 0.117. The van der Waals surface area contributed by atoms with Crippen LogP contribution in [-0.4, -0.2) is 23.0 Å². The van der Waals surface area contributed by atoms with Crippen molar-refractivity contribution < 1.29 is 18.3 Å². The number of methoxy groups -OCH3 is 1. The largest absolute Gasteiger partial charge is 0.497 e. The molecule has 1 aromatic heterocycles. The molecule has 0 atom stereocenters. The predicted molar refractivity (Wildman–Crippen MR) is 106 cm³/mol. The second kappa shape index (κ2) is 9.33. The zero-order valence-electron chi connectivity index (χ0n) is 15.4. The van der Waals surface area contributed by atoms with Crippen LogP contribution in [0.2, 0.25) is 0 Å². The number of halogens is 2. The van der Waals surface area contributed by atoms with Crippen LogP contribution in [0.5, 0.6) is 5.75 Å². The number of carbonyl (C=O) groups is 1. The van der Waals surface area contributed by atoms with Gasteiger partial charge in [0.2, 0.25) is 5.91 Å². The van der Waals surface area contributed by atoms with Crippen LogP contribution in [0.4, 0.5) is 14.5 Å². The minimum Gasteiger partial charge on any atom is -0.497 e. The van der Waals surface area contributed by atoms with Crippen LogP contribution < -0.4 is 15.6 Å². The fourth-order valence-electron chi connectivity index (χ4n) is 2.50. The molecule has 3 rings (SSSR count). The first kappa shape index (κ1) is 20.5. The van der Waals surface area contributed by atoms with Gasteiger partial charge in [0.05, 0.1) is 19.2 Å². The Morgan fingerprint density at radius 2 is 2.00 bits per heavy atom. The van der Waals surface area contributed by atoms with E-state index in [1.165, 1.54) is 23.9 Å². The van der Waals surface area contributed by atoms with Crippen molar-refractivity contribution in [2.75, 3.05) is 12.4 Å². The number of thioether (sulfide) groups is 1. The molecule has 29 heavy (non-hydrogen) atoms. The van der Waals surface area contributed by atoms with Crippen LogP contribution in [0.15, 0.2) is 58.5 Å². The van der Waals surface area contributed by atoms with Gasteiger partial charge in [0, 0.05) is 23.6 Å². The number of amides is 1. The lowest BCUT2D eigenvalue weighted by Gasteiger charge is -2.07. The number of aromatic amines is 1. The summed E-state index contributed by atoms with van der Waals surface area (Å²) in [4.78, 5) is 31.0. The summed E-state index contributed by atoms with van der Waals surface area (Å²) < 4.78 is 31.4. The summed E-state index contributed by atoms with van der Waals surface area (Å²) in [5.41, 5.74) is 0.982. The molecule has 6 nitrogen and oxygen atoms in total. The van der Waals surface area contributed by atoms with E-state index >= 15 is 0 Å². The van der Waals surface area contributed by atoms with E-state index in [9.17, 15) is 18.4 Å². The molecular formula is C20H17F2N3O3S. The molecule has 0 aliphatic heterocycles. The smallest absolute Gasteiger partial charge is 0.251 e. The zero-order valence-corrected chi connectivity index (χ0v) is 16.2. The van der Waals surface area contributed by atoms with Crippen LogP contribution in [0, 0.1) is 11.6 Å². The highest BCUT2D eigenvalue weighted by Crippen LogP contribution is 2.21. The van der Waals surface area contributed by atoms with E-state index in [2.05, 4.69) is 15.3 Å². The Labute approximate surface area is 169 Å². The van der Waals surface area contributed by atoms with Crippen molar-refractivity contribution in [2.24, 2.45) is 0 Å². The molecule has 0 saturated heterocycles. The highest BCUT2D eigenvalue weighted by molar-refractivity contribution is 7.98. The number of aromatic nitrogens is 2. The van der Waals surface area contributed by atoms with E-state index in [-0.39, 0.29) is 23.4 Å². The number of nitrogens with zero attached hydrogens (tertiary/aromatic N) is 1. The number of nitrogens with one attached hydrogen (secondary N) is 2. The third kappa shape index (κ3) is 5.89. The van der Waals surface area contributed by atoms with Crippen molar-refractivity contribution in [1.82, 2.24) is 9.97 Å². The van der Waals surface area contributed by atoms with E-state index in [0.29, 0.717) is 10.9 Å². The van der Waals surface area contributed by atoms with Crippen molar-refractivity contribution in [3.63, 3.8) is 0 Å². The minimum atomic E-state index is -1.06. The summed E-state index contributed by atoms with van der Waals surface area (Å²) in [6.45, 7) is 0. The van der Waals surface area contributed by atoms with Gasteiger partial charge in [-0.25, -0.2) is 13.8 Å². The van der Waals surface area contributed by atoms with Crippen LogP contribution >= 0.6 is 11.8 Å². The van der Waals surface area contributed by atoms with Gasteiger partial charge < -0.3 is 15.0 Å². The molecular weight excluding hydrogens is 400 g/mol. The van der Waals surface area contributed by atoms with Crippen LogP contribution in [0.25, 0.3) is 0 Å². The quantitative estimate of drug-likeness (QED) is 0.454. The SMILES string of the molecule is COc1cccc(CSc2nc(CC(=O)Nc3ccc(F)c(F)c3)cc(=O)[nH]2)c1. The molecule has 150 valence electrons. The van der Waals surface area contributed by atoms with E-state index in [1.807, 2.05) is 24.3 Å². The number of hydrogen-bond acceptors (Lipinski definition) is 5. The maximum atomic E-state index is 13.2. The molecule has 9 heteroatoms. The molecule has 0 radical (unpaired) electrons. The molecule has 0 unspecified atom stereocenters. The topological polar surface area (TPSA) is 84.1 Å². The van der Waals surface area contributed by atoms with Gasteiger partial charge in [-0.15, -0.1) is 0 Å². The summed E-state index contributed by atoms with van der Waals surface area (Å²) in [7, 11) is 1.58. The molecule has 1 amide bonds. The zero-order chi connectivity index (χ0) is 20.8. The van der Waals surface area contributed by atoms with Gasteiger partial charge in [-0.05, 0) is 29.8 Å². The fraction of sp³-hybridized carbons (Fsp3) is 0.150. The van der Waals surface area contributed by atoms with E-state index in [0.717, 1.165) is 23.4 Å². The summed E-state index contributed by atoms with van der Waals surface area (Å²) in [6, 6.07) is 11.8. The Morgan fingerprint density at radius 3 is 2.76 bits per heavy atom. The number of anilines is 1. The highest BCUT2D eigenvalue weighted by Gasteiger charge is 2.10. The molecule has 0 fully saturated rings. The maximum absolute atomic E-state index is 13.2. The van der Waals surface area contributed by atoms with Crippen molar-refractivity contribution in [3.05, 3.63) is 81.8 Å². The second-order valence-electron chi connectivity index (χ2n) is 6.04. The lowest BCUT2D eigenvalue weighted by atomic mass is 10.2. The normalized spacial score (nSPS) is 10.6. The standard InChI is InChI=1S/C20H17F2N3O3S/c1-28-15-4-2-3-12(7-15)11-29-20-24-14(10-19(27)25-20)9-18(26)23-13-5-6-16(21)17(22)8-13/h2-8,10H,9,11H2,1H3,(H,23,26)(H,24,25,27). The van der Waals surface area contributed by atoms with E-state index < -0.39 is 17.5 Å². The number of H-pyrrole nitrogens is 1. The third-order valence-corrected chi connectivity index (χ3v) is 4.77. The van der Waals surface area contributed by atoms with E-state index in [1.54, 1.807) is 7.11 Å². The van der Waals surface area contributed by atoms with Crippen LogP contribution in [0.1, 0.15) is 11.3 Å². The van der Waals surface area contributed by atoms with Gasteiger partial charge in [-0.3, -0.25) is 9.59 Å². The van der Waals surface area contributed by atoms with Gasteiger partial charge in [0.25, 0.3) is 5.56 Å². The number of hydrogen-bond donors (Lipinski definition) is 2. The van der Waals surface area contributed by atoms with Gasteiger partial charge in [0.15, 0.2) is 16.8 Å². The van der Waals surface area contributed by atoms with Crippen molar-refractivity contribution in [3.8, 4) is 5.75 Å². The van der Waals surface area contributed by atoms with Crippen molar-refractivity contribution >= 4 is 23.4 Å². The lowest BCUT2D eigenvalue weighted by molar-refractivity contribution is -0.115. The summed E-state index contributed by atoms with van der Waals surface area (Å²) in [5.74, 6) is -1.29. The number of rotatable bonds is 7. The Kier molecular flexibility index (Phi) is 6.61. The van der Waals surface area contributed by atoms with Gasteiger partial charge in [0.1, 0.15) is 5.75 Å². The average Bonchev–Trinajstić information content (AvgIpc) is 2.69. The molecule has 2 aromatic carbocycles. The van der Waals surface area contributed by atoms with Crippen LogP contribution in [-0.2, 0) is 17.0 Å². The molecule has 2 N–H and O–H groups in total. The molecule has 0 aliphatic carbocycles. The fourth-order valence-corrected chi connectivity index (χ4v) is 3.34. The molecule has 0 aliphatic rings. The van der Waals surface area contributed by atoms with Crippen molar-refractivity contribution in [1.29, 1.82) is 0 Å². The Hall–Kier alpha value is -3.20. The number of ether oxygens (including phenoxy) is 1. The molecule has 0 spiro atoms. The Bertz CT molecular complexity index is 1090. The predicted octanol–water partition coefficient (Wildman–Crippen LogP) is 3.53. The number of carbonyl (C=O) groups excluding carboxylic acids is 1. The first-order valence-electron chi connectivity index (χ1n) is 8.54. The van der Waals surface area contributed by atoms with Crippen LogP contribution in [0.3, 0.4) is 0 Å². The van der Waals surface area contributed by atoms with Gasteiger partial charge in [-0.1, -0.05) is 23.9 Å². The molecule has 0 saturated carbocycles. The average molecular weight is 417 g/mol. The monoisotopic (exact) mass is 417 g/mol. The summed E-state index contributed by atoms with van der Waals surface area (Å²) >= 11 is 1.31. The Balaban J connectivity index is 1.65. The third-order valence-electron chi connectivity index (χ3n) is 3.83. The molecule has 0 bridgehead atoms.